The molecule has 1 atom stereocenters. The molecule has 0 radical (unpaired) electrons. The van der Waals surface area contributed by atoms with Gasteiger partial charge in [0.1, 0.15) is 11.4 Å². The molecule has 1 aliphatic heterocycles. The summed E-state index contributed by atoms with van der Waals surface area (Å²) in [7, 11) is 1.54. The summed E-state index contributed by atoms with van der Waals surface area (Å²) in [5.74, 6) is -0.515. The number of rotatable bonds is 3. The van der Waals surface area contributed by atoms with Gasteiger partial charge in [0, 0.05) is 18.7 Å². The minimum absolute atomic E-state index is 0.263. The standard InChI is InChI=1S/C19H27N3O5/c1-19(2,3)27-18(25)22-11-5-6-14(12-22)17(24)21-20-16(23)13-7-9-15(26-4)10-8-13/h7-10,14H,5-6,11-12H2,1-4H3,(H,20,23)(H,21,24). The molecule has 1 fully saturated rings. The number of methoxy groups -OCH3 is 1. The highest BCUT2D eigenvalue weighted by Crippen LogP contribution is 2.19. The van der Waals surface area contributed by atoms with Crippen LogP contribution in [-0.4, -0.2) is 48.6 Å². The minimum Gasteiger partial charge on any atom is -0.497 e. The van der Waals surface area contributed by atoms with E-state index in [2.05, 4.69) is 10.9 Å². The zero-order valence-electron chi connectivity index (χ0n) is 16.2. The quantitative estimate of drug-likeness (QED) is 0.787. The fraction of sp³-hybridized carbons (Fsp3) is 0.526. The summed E-state index contributed by atoms with van der Waals surface area (Å²) in [6.07, 6.45) is 0.912. The third-order valence-electron chi connectivity index (χ3n) is 4.10. The Hall–Kier alpha value is -2.77. The second-order valence-electron chi connectivity index (χ2n) is 7.44. The molecule has 2 rings (SSSR count). The van der Waals surface area contributed by atoms with E-state index < -0.39 is 23.5 Å². The molecule has 1 aliphatic rings. The Bertz CT molecular complexity index is 682. The van der Waals surface area contributed by atoms with E-state index in [0.717, 1.165) is 0 Å². The molecular formula is C19H27N3O5. The molecule has 27 heavy (non-hydrogen) atoms. The number of likely N-dealkylation sites (tertiary alicyclic amines) is 1. The molecule has 3 amide bonds. The smallest absolute Gasteiger partial charge is 0.410 e. The van der Waals surface area contributed by atoms with Crippen molar-refractivity contribution < 1.29 is 23.9 Å². The molecular weight excluding hydrogens is 350 g/mol. The predicted octanol–water partition coefficient (Wildman–Crippen LogP) is 2.10. The number of piperidine rings is 1. The Labute approximate surface area is 159 Å². The second-order valence-corrected chi connectivity index (χ2v) is 7.44. The van der Waals surface area contributed by atoms with Crippen molar-refractivity contribution in [1.82, 2.24) is 15.8 Å². The molecule has 0 bridgehead atoms. The molecule has 1 unspecified atom stereocenters. The van der Waals surface area contributed by atoms with Crippen molar-refractivity contribution in [1.29, 1.82) is 0 Å². The summed E-state index contributed by atoms with van der Waals surface area (Å²) >= 11 is 0. The lowest BCUT2D eigenvalue weighted by atomic mass is 9.98. The number of amides is 3. The van der Waals surface area contributed by atoms with Crippen molar-refractivity contribution in [3.05, 3.63) is 29.8 Å². The molecule has 0 aromatic heterocycles. The number of nitrogens with zero attached hydrogens (tertiary/aromatic N) is 1. The molecule has 8 heteroatoms. The lowest BCUT2D eigenvalue weighted by molar-refractivity contribution is -0.127. The Morgan fingerprint density at radius 1 is 1.11 bits per heavy atom. The van der Waals surface area contributed by atoms with Gasteiger partial charge in [0.05, 0.1) is 13.0 Å². The van der Waals surface area contributed by atoms with Crippen molar-refractivity contribution in [3.8, 4) is 5.75 Å². The van der Waals surface area contributed by atoms with Gasteiger partial charge in [0.15, 0.2) is 0 Å². The van der Waals surface area contributed by atoms with Crippen LogP contribution in [0.4, 0.5) is 4.79 Å². The zero-order valence-corrected chi connectivity index (χ0v) is 16.2. The van der Waals surface area contributed by atoms with Gasteiger partial charge < -0.3 is 14.4 Å². The molecule has 2 N–H and O–H groups in total. The van der Waals surface area contributed by atoms with Gasteiger partial charge in [-0.3, -0.25) is 20.4 Å². The average Bonchev–Trinajstić information content (AvgIpc) is 2.64. The maximum Gasteiger partial charge on any atom is 0.410 e. The Balaban J connectivity index is 1.85. The summed E-state index contributed by atoms with van der Waals surface area (Å²) in [5, 5.41) is 0. The topological polar surface area (TPSA) is 97.0 Å². The van der Waals surface area contributed by atoms with Gasteiger partial charge in [-0.25, -0.2) is 4.79 Å². The van der Waals surface area contributed by atoms with Crippen molar-refractivity contribution in [2.75, 3.05) is 20.2 Å². The van der Waals surface area contributed by atoms with Gasteiger partial charge >= 0.3 is 6.09 Å². The van der Waals surface area contributed by atoms with E-state index in [1.54, 1.807) is 52.1 Å². The van der Waals surface area contributed by atoms with Crippen LogP contribution in [-0.2, 0) is 9.53 Å². The van der Waals surface area contributed by atoms with Crippen molar-refractivity contribution in [2.24, 2.45) is 5.92 Å². The highest BCUT2D eigenvalue weighted by molar-refractivity contribution is 5.95. The Kier molecular flexibility index (Phi) is 6.65. The summed E-state index contributed by atoms with van der Waals surface area (Å²) in [6.45, 7) is 6.21. The van der Waals surface area contributed by atoms with Gasteiger partial charge in [-0.05, 0) is 57.9 Å². The largest absolute Gasteiger partial charge is 0.497 e. The molecule has 0 spiro atoms. The normalized spacial score (nSPS) is 17.0. The monoisotopic (exact) mass is 377 g/mol. The number of ether oxygens (including phenoxy) is 2. The van der Waals surface area contributed by atoms with Gasteiger partial charge in [0.2, 0.25) is 5.91 Å². The van der Waals surface area contributed by atoms with Crippen molar-refractivity contribution in [3.63, 3.8) is 0 Å². The van der Waals surface area contributed by atoms with Crippen LogP contribution in [0.5, 0.6) is 5.75 Å². The average molecular weight is 377 g/mol. The number of carbonyl (C=O) groups excluding carboxylic acids is 3. The van der Waals surface area contributed by atoms with Gasteiger partial charge in [-0.15, -0.1) is 0 Å². The second kappa shape index (κ2) is 8.75. The van der Waals surface area contributed by atoms with E-state index >= 15 is 0 Å². The fourth-order valence-electron chi connectivity index (χ4n) is 2.72. The lowest BCUT2D eigenvalue weighted by Crippen LogP contribution is -2.50. The SMILES string of the molecule is COc1ccc(C(=O)NNC(=O)C2CCCN(C(=O)OC(C)(C)C)C2)cc1. The van der Waals surface area contributed by atoms with Crippen LogP contribution in [0.2, 0.25) is 0 Å². The van der Waals surface area contributed by atoms with Crippen LogP contribution in [0.25, 0.3) is 0 Å². The lowest BCUT2D eigenvalue weighted by Gasteiger charge is -2.33. The third kappa shape index (κ3) is 6.16. The first-order chi connectivity index (χ1) is 12.7. The highest BCUT2D eigenvalue weighted by atomic mass is 16.6. The van der Waals surface area contributed by atoms with E-state index in [9.17, 15) is 14.4 Å². The number of hydrogen-bond donors (Lipinski definition) is 2. The number of benzene rings is 1. The van der Waals surface area contributed by atoms with Crippen LogP contribution in [0.1, 0.15) is 44.0 Å². The molecule has 1 aromatic carbocycles. The van der Waals surface area contributed by atoms with Gasteiger partial charge in [-0.1, -0.05) is 0 Å². The van der Waals surface area contributed by atoms with Crippen LogP contribution in [0, 0.1) is 5.92 Å². The summed E-state index contributed by atoms with van der Waals surface area (Å²) < 4.78 is 10.4. The first-order valence-electron chi connectivity index (χ1n) is 8.92. The van der Waals surface area contributed by atoms with E-state index in [4.69, 9.17) is 9.47 Å². The van der Waals surface area contributed by atoms with E-state index in [-0.39, 0.29) is 12.5 Å². The first kappa shape index (κ1) is 20.5. The summed E-state index contributed by atoms with van der Waals surface area (Å²) in [6, 6.07) is 6.53. The number of nitrogens with one attached hydrogen (secondary N) is 2. The molecule has 0 aliphatic carbocycles. The van der Waals surface area contributed by atoms with Gasteiger partial charge in [0.25, 0.3) is 5.91 Å². The van der Waals surface area contributed by atoms with E-state index in [0.29, 0.717) is 30.7 Å². The zero-order chi connectivity index (χ0) is 20.0. The van der Waals surface area contributed by atoms with E-state index in [1.807, 2.05) is 0 Å². The molecule has 148 valence electrons. The van der Waals surface area contributed by atoms with Crippen LogP contribution >= 0.6 is 0 Å². The third-order valence-corrected chi connectivity index (χ3v) is 4.10. The summed E-state index contributed by atoms with van der Waals surface area (Å²) in [5.41, 5.74) is 4.65. The van der Waals surface area contributed by atoms with Gasteiger partial charge in [-0.2, -0.15) is 0 Å². The van der Waals surface area contributed by atoms with E-state index in [1.165, 1.54) is 4.90 Å². The molecule has 1 aromatic rings. The van der Waals surface area contributed by atoms with Crippen LogP contribution in [0.15, 0.2) is 24.3 Å². The summed E-state index contributed by atoms with van der Waals surface area (Å²) in [4.78, 5) is 38.2. The van der Waals surface area contributed by atoms with Crippen LogP contribution in [0.3, 0.4) is 0 Å². The highest BCUT2D eigenvalue weighted by Gasteiger charge is 2.31. The molecule has 1 saturated heterocycles. The van der Waals surface area contributed by atoms with Crippen molar-refractivity contribution in [2.45, 2.75) is 39.2 Å². The predicted molar refractivity (Wildman–Crippen MR) is 99.1 cm³/mol. The number of hydrogen-bond acceptors (Lipinski definition) is 5. The maximum absolute atomic E-state index is 12.4. The first-order valence-corrected chi connectivity index (χ1v) is 8.92. The minimum atomic E-state index is -0.585. The Morgan fingerprint density at radius 2 is 1.78 bits per heavy atom. The number of hydrazine groups is 1. The molecule has 1 heterocycles. The van der Waals surface area contributed by atoms with Crippen molar-refractivity contribution >= 4 is 17.9 Å². The Morgan fingerprint density at radius 3 is 2.37 bits per heavy atom. The fourth-order valence-corrected chi connectivity index (χ4v) is 2.72. The molecule has 0 saturated carbocycles. The molecule has 8 nitrogen and oxygen atoms in total. The van der Waals surface area contributed by atoms with Crippen LogP contribution < -0.4 is 15.6 Å². The maximum atomic E-state index is 12.4. The number of carbonyl (C=O) groups is 3.